The summed E-state index contributed by atoms with van der Waals surface area (Å²) in [6.45, 7) is 4.93. The Kier molecular flexibility index (Phi) is 5.16. The van der Waals surface area contributed by atoms with E-state index in [0.717, 1.165) is 34.7 Å². The number of rotatable bonds is 7. The van der Waals surface area contributed by atoms with Gasteiger partial charge in [-0.1, -0.05) is 24.3 Å². The summed E-state index contributed by atoms with van der Waals surface area (Å²) >= 11 is 0. The smallest absolute Gasteiger partial charge is 0.224 e. The zero-order chi connectivity index (χ0) is 20.3. The van der Waals surface area contributed by atoms with Crippen LogP contribution in [0, 0.1) is 0 Å². The van der Waals surface area contributed by atoms with Crippen LogP contribution in [0.3, 0.4) is 0 Å². The molecule has 0 radical (unpaired) electrons. The molecular formula is C21H23N5O3. The molecule has 1 amide bonds. The lowest BCUT2D eigenvalue weighted by Gasteiger charge is -2.18. The van der Waals surface area contributed by atoms with Crippen molar-refractivity contribution in [2.45, 2.75) is 32.3 Å². The van der Waals surface area contributed by atoms with Crippen molar-refractivity contribution in [3.05, 3.63) is 59.9 Å². The molecule has 8 nitrogen and oxygen atoms in total. The third-order valence-corrected chi connectivity index (χ3v) is 4.65. The summed E-state index contributed by atoms with van der Waals surface area (Å²) in [5.41, 5.74) is 2.70. The maximum Gasteiger partial charge on any atom is 0.224 e. The molecule has 0 bridgehead atoms. The Morgan fingerprint density at radius 1 is 1.24 bits per heavy atom. The minimum Gasteiger partial charge on any atom is -0.488 e. The van der Waals surface area contributed by atoms with E-state index in [1.54, 1.807) is 4.68 Å². The van der Waals surface area contributed by atoms with Crippen molar-refractivity contribution in [3.63, 3.8) is 0 Å². The van der Waals surface area contributed by atoms with Crippen molar-refractivity contribution in [1.29, 1.82) is 0 Å². The lowest BCUT2D eigenvalue weighted by Crippen LogP contribution is -2.29. The van der Waals surface area contributed by atoms with Crippen LogP contribution in [0.15, 0.2) is 48.8 Å². The average Bonchev–Trinajstić information content (AvgIpc) is 3.32. The van der Waals surface area contributed by atoms with Crippen molar-refractivity contribution in [3.8, 4) is 17.2 Å². The van der Waals surface area contributed by atoms with E-state index in [1.165, 1.54) is 6.33 Å². The van der Waals surface area contributed by atoms with Crippen LogP contribution < -0.4 is 14.8 Å². The first kappa shape index (κ1) is 18.9. The summed E-state index contributed by atoms with van der Waals surface area (Å²) in [5, 5.41) is 13.9. The maximum absolute atomic E-state index is 12.2. The molecule has 0 unspecified atom stereocenters. The van der Waals surface area contributed by atoms with E-state index in [4.69, 9.17) is 9.47 Å². The van der Waals surface area contributed by atoms with Crippen LogP contribution in [0.2, 0.25) is 0 Å². The van der Waals surface area contributed by atoms with Gasteiger partial charge in [0.1, 0.15) is 18.5 Å². The molecule has 29 heavy (non-hydrogen) atoms. The van der Waals surface area contributed by atoms with Gasteiger partial charge in [0, 0.05) is 12.0 Å². The maximum atomic E-state index is 12.2. The molecule has 0 saturated heterocycles. The Morgan fingerprint density at radius 3 is 2.83 bits per heavy atom. The van der Waals surface area contributed by atoms with Gasteiger partial charge in [-0.15, -0.1) is 5.10 Å². The average molecular weight is 393 g/mol. The second-order valence-corrected chi connectivity index (χ2v) is 7.58. The predicted molar refractivity (Wildman–Crippen MR) is 106 cm³/mol. The third-order valence-electron chi connectivity index (χ3n) is 4.65. The van der Waals surface area contributed by atoms with Gasteiger partial charge >= 0.3 is 0 Å². The molecule has 1 aliphatic heterocycles. The summed E-state index contributed by atoms with van der Waals surface area (Å²) < 4.78 is 13.4. The highest BCUT2D eigenvalue weighted by Gasteiger charge is 2.32. The number of tetrazole rings is 1. The fraction of sp³-hybridized carbons (Fsp3) is 0.333. The molecular weight excluding hydrogens is 370 g/mol. The summed E-state index contributed by atoms with van der Waals surface area (Å²) in [6.07, 6.45) is 2.69. The van der Waals surface area contributed by atoms with Crippen LogP contribution in [-0.2, 0) is 17.6 Å². The van der Waals surface area contributed by atoms with Crippen molar-refractivity contribution in [2.75, 3.05) is 13.2 Å². The van der Waals surface area contributed by atoms with Crippen LogP contribution in [0.4, 0.5) is 0 Å². The van der Waals surface area contributed by atoms with Crippen molar-refractivity contribution in [2.24, 2.45) is 0 Å². The molecule has 0 aliphatic carbocycles. The Bertz CT molecular complexity index is 984. The zero-order valence-corrected chi connectivity index (χ0v) is 16.5. The van der Waals surface area contributed by atoms with Gasteiger partial charge in [-0.2, -0.15) is 0 Å². The first-order valence-corrected chi connectivity index (χ1v) is 9.53. The van der Waals surface area contributed by atoms with E-state index in [2.05, 4.69) is 40.8 Å². The number of fused-ring (bicyclic) bond motifs is 1. The number of nitrogens with zero attached hydrogens (tertiary/aromatic N) is 4. The number of carbonyl (C=O) groups excluding carboxylic acids is 1. The molecule has 4 rings (SSSR count). The number of benzene rings is 2. The fourth-order valence-electron chi connectivity index (χ4n) is 3.35. The van der Waals surface area contributed by atoms with Crippen LogP contribution in [0.5, 0.6) is 11.5 Å². The number of carbonyl (C=O) groups is 1. The predicted octanol–water partition coefficient (Wildman–Crippen LogP) is 2.11. The number of amides is 1. The third kappa shape index (κ3) is 4.53. The van der Waals surface area contributed by atoms with Gasteiger partial charge in [0.25, 0.3) is 0 Å². The highest BCUT2D eigenvalue weighted by Crippen LogP contribution is 2.41. The molecule has 0 spiro atoms. The molecule has 1 aliphatic rings. The first-order chi connectivity index (χ1) is 14.0. The fourth-order valence-corrected chi connectivity index (χ4v) is 3.35. The molecule has 8 heteroatoms. The second kappa shape index (κ2) is 7.90. The SMILES string of the molecule is CC1(C)Cc2cccc(OCCNC(=O)Cc3ccc(-n4cnnn4)cc3)c2O1. The van der Waals surface area contributed by atoms with Crippen LogP contribution in [0.25, 0.3) is 5.69 Å². The molecule has 1 aromatic heterocycles. The normalized spacial score (nSPS) is 14.1. The van der Waals surface area contributed by atoms with Crippen LogP contribution in [-0.4, -0.2) is 44.9 Å². The lowest BCUT2D eigenvalue weighted by molar-refractivity contribution is -0.120. The number of nitrogens with one attached hydrogen (secondary N) is 1. The summed E-state index contributed by atoms with van der Waals surface area (Å²) in [6, 6.07) is 13.5. The van der Waals surface area contributed by atoms with Crippen LogP contribution in [0.1, 0.15) is 25.0 Å². The molecule has 2 aromatic carbocycles. The number of hydrogen-bond acceptors (Lipinski definition) is 6. The van der Waals surface area contributed by atoms with E-state index in [9.17, 15) is 4.79 Å². The van der Waals surface area contributed by atoms with Gasteiger partial charge in [-0.3, -0.25) is 4.79 Å². The Morgan fingerprint density at radius 2 is 2.07 bits per heavy atom. The van der Waals surface area contributed by atoms with Gasteiger partial charge in [0.2, 0.25) is 5.91 Å². The van der Waals surface area contributed by atoms with E-state index < -0.39 is 0 Å². The van der Waals surface area contributed by atoms with Crippen molar-refractivity contribution in [1.82, 2.24) is 25.5 Å². The Balaban J connectivity index is 1.24. The second-order valence-electron chi connectivity index (χ2n) is 7.58. The molecule has 3 aromatic rings. The standard InChI is InChI=1S/C21H23N5O3/c1-21(2)13-16-4-3-5-18(20(16)29-21)28-11-10-22-19(27)12-15-6-8-17(9-7-15)26-14-23-24-25-26/h3-9,14H,10-13H2,1-2H3,(H,22,27). The molecule has 2 heterocycles. The molecule has 150 valence electrons. The van der Waals surface area contributed by atoms with Gasteiger partial charge in [-0.25, -0.2) is 4.68 Å². The Labute approximate surface area is 168 Å². The lowest BCUT2D eigenvalue weighted by atomic mass is 10.0. The molecule has 0 fully saturated rings. The molecule has 0 atom stereocenters. The van der Waals surface area contributed by atoms with Gasteiger partial charge in [-0.05, 0) is 48.0 Å². The van der Waals surface area contributed by atoms with E-state index in [0.29, 0.717) is 19.6 Å². The molecule has 1 N–H and O–H groups in total. The highest BCUT2D eigenvalue weighted by molar-refractivity contribution is 5.78. The topological polar surface area (TPSA) is 91.2 Å². The monoisotopic (exact) mass is 393 g/mol. The van der Waals surface area contributed by atoms with E-state index in [-0.39, 0.29) is 11.5 Å². The van der Waals surface area contributed by atoms with Crippen molar-refractivity contribution < 1.29 is 14.3 Å². The quantitative estimate of drug-likeness (QED) is 0.618. The first-order valence-electron chi connectivity index (χ1n) is 9.53. The Hall–Kier alpha value is -3.42. The number of para-hydroxylation sites is 1. The number of ether oxygens (including phenoxy) is 2. The minimum absolute atomic E-state index is 0.0561. The van der Waals surface area contributed by atoms with Crippen LogP contribution >= 0.6 is 0 Å². The van der Waals surface area contributed by atoms with Crippen molar-refractivity contribution >= 4 is 5.91 Å². The van der Waals surface area contributed by atoms with E-state index in [1.807, 2.05) is 36.4 Å². The summed E-state index contributed by atoms with van der Waals surface area (Å²) in [7, 11) is 0. The van der Waals surface area contributed by atoms with Gasteiger partial charge in [0.15, 0.2) is 11.5 Å². The summed E-state index contributed by atoms with van der Waals surface area (Å²) in [4.78, 5) is 12.2. The van der Waals surface area contributed by atoms with Gasteiger partial charge in [0.05, 0.1) is 18.7 Å². The highest BCUT2D eigenvalue weighted by atomic mass is 16.5. The van der Waals surface area contributed by atoms with Gasteiger partial charge < -0.3 is 14.8 Å². The van der Waals surface area contributed by atoms with E-state index >= 15 is 0 Å². The minimum atomic E-state index is -0.212. The number of aromatic nitrogens is 4. The molecule has 0 saturated carbocycles. The largest absolute Gasteiger partial charge is 0.488 e. The number of hydrogen-bond donors (Lipinski definition) is 1. The zero-order valence-electron chi connectivity index (χ0n) is 16.5. The summed E-state index contributed by atoms with van der Waals surface area (Å²) in [5.74, 6) is 1.48.